The maximum atomic E-state index is 15.4. The highest BCUT2D eigenvalue weighted by molar-refractivity contribution is 7.09. The van der Waals surface area contributed by atoms with E-state index in [1.165, 1.54) is 18.2 Å². The molecule has 0 spiro atoms. The minimum absolute atomic E-state index is 0.121. The zero-order valence-corrected chi connectivity index (χ0v) is 22.6. The van der Waals surface area contributed by atoms with Crippen LogP contribution in [0.15, 0.2) is 79.0 Å². The van der Waals surface area contributed by atoms with Crippen molar-refractivity contribution in [3.8, 4) is 5.75 Å². The zero-order valence-electron chi connectivity index (χ0n) is 21.8. The van der Waals surface area contributed by atoms with E-state index in [9.17, 15) is 14.4 Å². The average Bonchev–Trinajstić information content (AvgIpc) is 3.58. The Bertz CT molecular complexity index is 1750. The number of primary amides is 1. The summed E-state index contributed by atoms with van der Waals surface area (Å²) in [6.45, 7) is 0.121. The number of aromatic nitrogens is 2. The molecule has 0 unspecified atom stereocenters. The van der Waals surface area contributed by atoms with Crippen molar-refractivity contribution in [1.82, 2.24) is 14.7 Å². The molecule has 1 atom stereocenters. The van der Waals surface area contributed by atoms with Crippen molar-refractivity contribution in [2.24, 2.45) is 5.73 Å². The van der Waals surface area contributed by atoms with Crippen molar-refractivity contribution in [3.63, 3.8) is 0 Å². The third kappa shape index (κ3) is 5.32. The first-order chi connectivity index (χ1) is 19.8. The number of anilines is 2. The molecule has 0 aliphatic carbocycles. The van der Waals surface area contributed by atoms with E-state index >= 15 is 4.39 Å². The van der Waals surface area contributed by atoms with Gasteiger partial charge in [-0.05, 0) is 47.4 Å². The van der Waals surface area contributed by atoms with Crippen LogP contribution in [0.25, 0.3) is 10.9 Å². The molecule has 0 radical (unpaired) electrons. The summed E-state index contributed by atoms with van der Waals surface area (Å²) in [5.74, 6) is -2.41. The maximum absolute atomic E-state index is 15.4. The van der Waals surface area contributed by atoms with Crippen molar-refractivity contribution < 1.29 is 23.5 Å². The molecular weight excluding hydrogens is 547 g/mol. The zero-order chi connectivity index (χ0) is 29.1. The number of H-pyrrole nitrogens is 1. The predicted octanol–water partition coefficient (Wildman–Crippen LogP) is 4.16. The number of para-hydroxylation sites is 2. The first-order valence-electron chi connectivity index (χ1n) is 12.4. The van der Waals surface area contributed by atoms with Crippen molar-refractivity contribution in [2.75, 3.05) is 17.7 Å². The highest BCUT2D eigenvalue weighted by Crippen LogP contribution is 2.37. The smallest absolute Gasteiger partial charge is 0.273 e. The highest BCUT2D eigenvalue weighted by atomic mass is 32.1. The Kier molecular flexibility index (Phi) is 7.66. The number of nitrogens with one attached hydrogen (secondary N) is 2. The first-order valence-corrected chi connectivity index (χ1v) is 13.2. The van der Waals surface area contributed by atoms with Crippen LogP contribution in [-0.2, 0) is 11.3 Å². The number of fused-ring (bicyclic) bond motifs is 1. The largest absolute Gasteiger partial charge is 0.497 e. The van der Waals surface area contributed by atoms with E-state index in [4.69, 9.17) is 16.2 Å². The average molecular weight is 573 g/mol. The van der Waals surface area contributed by atoms with Gasteiger partial charge in [-0.25, -0.2) is 4.39 Å². The van der Waals surface area contributed by atoms with E-state index in [0.29, 0.717) is 33.7 Å². The minimum atomic E-state index is -1.35. The third-order valence-electron chi connectivity index (χ3n) is 6.53. The first kappa shape index (κ1) is 27.3. The lowest BCUT2D eigenvalue weighted by Crippen LogP contribution is -2.44. The van der Waals surface area contributed by atoms with Crippen molar-refractivity contribution >= 4 is 51.5 Å². The molecule has 12 heteroatoms. The number of amides is 3. The van der Waals surface area contributed by atoms with Gasteiger partial charge in [-0.2, -0.15) is 4.37 Å². The molecule has 5 aromatic rings. The van der Waals surface area contributed by atoms with Crippen LogP contribution < -0.4 is 26.4 Å². The van der Waals surface area contributed by atoms with Crippen molar-refractivity contribution in [1.29, 1.82) is 0 Å². The van der Waals surface area contributed by atoms with Gasteiger partial charge in [-0.15, -0.1) is 0 Å². The Morgan fingerprint density at radius 3 is 2.46 bits per heavy atom. The molecule has 2 aromatic heterocycles. The molecule has 0 aliphatic heterocycles. The SMILES string of the molecule is COc1ccc(CNC(=O)[C@H](c2c[nH]c3ccccc23)N(C(=O)c2snc(C(N)=O)c2N)c2ccccc2F)cc1. The lowest BCUT2D eigenvalue weighted by atomic mass is 10.0. The van der Waals surface area contributed by atoms with E-state index in [0.717, 1.165) is 10.5 Å². The molecule has 2 heterocycles. The summed E-state index contributed by atoms with van der Waals surface area (Å²) in [6, 6.07) is 18.6. The number of rotatable bonds is 9. The number of nitrogen functional groups attached to an aromatic ring is 1. The molecule has 208 valence electrons. The van der Waals surface area contributed by atoms with Gasteiger partial charge in [0.15, 0.2) is 5.69 Å². The monoisotopic (exact) mass is 572 g/mol. The molecule has 41 heavy (non-hydrogen) atoms. The van der Waals surface area contributed by atoms with E-state index in [-0.39, 0.29) is 28.5 Å². The van der Waals surface area contributed by atoms with Crippen LogP contribution in [0.4, 0.5) is 15.8 Å². The second kappa shape index (κ2) is 11.5. The number of hydrogen-bond acceptors (Lipinski definition) is 7. The van der Waals surface area contributed by atoms with Crippen molar-refractivity contribution in [3.05, 3.63) is 107 Å². The second-order valence-corrected chi connectivity index (χ2v) is 9.80. The summed E-state index contributed by atoms with van der Waals surface area (Å²) in [5, 5.41) is 3.53. The van der Waals surface area contributed by atoms with Gasteiger partial charge in [0.2, 0.25) is 5.91 Å². The number of aromatic amines is 1. The molecule has 0 saturated heterocycles. The summed E-state index contributed by atoms with van der Waals surface area (Å²) in [5.41, 5.74) is 12.7. The van der Waals surface area contributed by atoms with E-state index in [1.54, 1.807) is 55.8 Å². The van der Waals surface area contributed by atoms with Crippen LogP contribution in [0.2, 0.25) is 0 Å². The molecule has 3 aromatic carbocycles. The summed E-state index contributed by atoms with van der Waals surface area (Å²) < 4.78 is 24.5. The lowest BCUT2D eigenvalue weighted by Gasteiger charge is -2.31. The lowest BCUT2D eigenvalue weighted by molar-refractivity contribution is -0.122. The van der Waals surface area contributed by atoms with Crippen LogP contribution in [0, 0.1) is 5.82 Å². The van der Waals surface area contributed by atoms with E-state index in [2.05, 4.69) is 14.7 Å². The minimum Gasteiger partial charge on any atom is -0.497 e. The van der Waals surface area contributed by atoms with Crippen molar-refractivity contribution in [2.45, 2.75) is 12.6 Å². The third-order valence-corrected chi connectivity index (χ3v) is 7.39. The Balaban J connectivity index is 1.64. The van der Waals surface area contributed by atoms with Gasteiger partial charge in [0.1, 0.15) is 22.5 Å². The fraction of sp³-hybridized carbons (Fsp3) is 0.103. The Morgan fingerprint density at radius 1 is 1.07 bits per heavy atom. The van der Waals surface area contributed by atoms with Gasteiger partial charge >= 0.3 is 0 Å². The second-order valence-electron chi connectivity index (χ2n) is 9.02. The molecule has 3 amide bonds. The number of nitrogens with two attached hydrogens (primary N) is 2. The summed E-state index contributed by atoms with van der Waals surface area (Å²) in [7, 11) is 1.55. The number of carbonyl (C=O) groups is 3. The van der Waals surface area contributed by atoms with Crippen LogP contribution in [0.5, 0.6) is 5.75 Å². The number of ether oxygens (including phenoxy) is 1. The molecule has 0 fully saturated rings. The molecule has 5 rings (SSSR count). The van der Waals surface area contributed by atoms with E-state index in [1.807, 2.05) is 12.1 Å². The number of hydrogen-bond donors (Lipinski definition) is 4. The van der Waals surface area contributed by atoms with Crippen LogP contribution in [-0.4, -0.2) is 34.2 Å². The van der Waals surface area contributed by atoms with Gasteiger partial charge in [0, 0.05) is 29.2 Å². The highest BCUT2D eigenvalue weighted by Gasteiger charge is 2.38. The van der Waals surface area contributed by atoms with E-state index < -0.39 is 29.6 Å². The molecule has 6 N–H and O–H groups in total. The molecule has 0 aliphatic rings. The number of halogens is 1. The summed E-state index contributed by atoms with van der Waals surface area (Å²) in [4.78, 5) is 44.0. The van der Waals surface area contributed by atoms with Crippen LogP contribution in [0.3, 0.4) is 0 Å². The molecule has 0 saturated carbocycles. The fourth-order valence-electron chi connectivity index (χ4n) is 4.50. The van der Waals surface area contributed by atoms with Gasteiger partial charge in [-0.1, -0.05) is 42.5 Å². The number of nitrogens with zero attached hydrogens (tertiary/aromatic N) is 2. The Labute approximate surface area is 237 Å². The fourth-order valence-corrected chi connectivity index (χ4v) is 5.24. The van der Waals surface area contributed by atoms with Gasteiger partial charge < -0.3 is 26.5 Å². The van der Waals surface area contributed by atoms with Crippen LogP contribution in [0.1, 0.15) is 37.3 Å². The van der Waals surface area contributed by atoms with Gasteiger partial charge in [0.25, 0.3) is 11.8 Å². The molecule has 0 bridgehead atoms. The quantitative estimate of drug-likeness (QED) is 0.208. The molecule has 10 nitrogen and oxygen atoms in total. The predicted molar refractivity (Wildman–Crippen MR) is 154 cm³/mol. The molecular formula is C29H25FN6O4S. The Hall–Kier alpha value is -5.23. The van der Waals surface area contributed by atoms with Crippen LogP contribution >= 0.6 is 11.5 Å². The summed E-state index contributed by atoms with van der Waals surface area (Å²) in [6.07, 6.45) is 1.61. The topological polar surface area (TPSA) is 156 Å². The summed E-state index contributed by atoms with van der Waals surface area (Å²) >= 11 is 0.644. The van der Waals surface area contributed by atoms with Gasteiger partial charge in [0.05, 0.1) is 18.5 Å². The van der Waals surface area contributed by atoms with Gasteiger partial charge in [-0.3, -0.25) is 19.3 Å². The number of carbonyl (C=O) groups excluding carboxylic acids is 3. The normalized spacial score (nSPS) is 11.7. The Morgan fingerprint density at radius 2 is 1.78 bits per heavy atom. The standard InChI is InChI=1S/C29H25FN6O4S/c1-40-17-12-10-16(11-13-17)14-34-28(38)25(19-15-33-21-8-4-2-6-18(19)21)36(22-9-5-3-7-20(22)30)29(39)26-23(31)24(27(32)37)35-41-26/h2-13,15,25,33H,14,31H2,1H3,(H2,32,37)(H,34,38)/t25-/m0/s1. The number of benzene rings is 3. The maximum Gasteiger partial charge on any atom is 0.273 e. The number of methoxy groups -OCH3 is 1.